The van der Waals surface area contributed by atoms with Crippen molar-refractivity contribution >= 4 is 44.1 Å². The number of nitrogens with one attached hydrogen (secondary N) is 1. The molecule has 0 aliphatic carbocycles. The van der Waals surface area contributed by atoms with E-state index in [4.69, 9.17) is 0 Å². The van der Waals surface area contributed by atoms with E-state index in [1.165, 1.54) is 17.5 Å². The average molecular weight is 460 g/mol. The molecule has 6 nitrogen and oxygen atoms in total. The maximum absolute atomic E-state index is 14.0. The van der Waals surface area contributed by atoms with Gasteiger partial charge in [0.25, 0.3) is 11.8 Å². The number of benzene rings is 2. The number of rotatable bonds is 5. The topological polar surface area (TPSA) is 79.4 Å². The second-order valence-corrected chi connectivity index (χ2v) is 8.95. The van der Waals surface area contributed by atoms with E-state index in [2.05, 4.69) is 10.3 Å². The summed E-state index contributed by atoms with van der Waals surface area (Å²) in [6.45, 7) is 1.82. The molecule has 0 saturated carbocycles. The number of carbonyl (C=O) groups excluding carboxylic acids is 3. The highest BCUT2D eigenvalue weighted by Gasteiger charge is 2.38. The first-order chi connectivity index (χ1) is 15.9. The maximum Gasteiger partial charge on any atom is 0.261 e. The maximum atomic E-state index is 14.0. The lowest BCUT2D eigenvalue weighted by Crippen LogP contribution is -2.38. The fourth-order valence-corrected chi connectivity index (χ4v) is 4.87. The number of carbonyl (C=O) groups is 3. The number of aryl methyl sites for hydroxylation is 1. The van der Waals surface area contributed by atoms with Crippen LogP contribution in [0.25, 0.3) is 10.1 Å². The zero-order valence-corrected chi connectivity index (χ0v) is 18.4. The Hall–Kier alpha value is -3.91. The molecular weight excluding hydrogens is 441 g/mol. The molecule has 3 amide bonds. The van der Waals surface area contributed by atoms with E-state index in [9.17, 15) is 18.8 Å². The molecule has 0 saturated heterocycles. The third-order valence-corrected chi connectivity index (χ3v) is 6.67. The first-order valence-corrected chi connectivity index (χ1v) is 11.1. The number of hydrogen-bond donors (Lipinski definition) is 1. The summed E-state index contributed by atoms with van der Waals surface area (Å²) >= 11 is 1.21. The monoisotopic (exact) mass is 459 g/mol. The SMILES string of the molecule is Cc1ccc(C(CN2C(=O)c3ccccc3C2=O)C(=O)Nc2cc3c(F)cncc3s2)cc1. The predicted octanol–water partition coefficient (Wildman–Crippen LogP) is 4.76. The first kappa shape index (κ1) is 21.0. The van der Waals surface area contributed by atoms with Gasteiger partial charge in [-0.15, -0.1) is 11.3 Å². The summed E-state index contributed by atoms with van der Waals surface area (Å²) < 4.78 is 14.6. The number of amides is 3. The van der Waals surface area contributed by atoms with Gasteiger partial charge in [0.15, 0.2) is 0 Å². The zero-order chi connectivity index (χ0) is 23.1. The molecule has 164 valence electrons. The highest BCUT2D eigenvalue weighted by atomic mass is 32.1. The van der Waals surface area contributed by atoms with Gasteiger partial charge in [0.1, 0.15) is 5.82 Å². The molecular formula is C25H18FN3O3S. The molecule has 3 heterocycles. The highest BCUT2D eigenvalue weighted by Crippen LogP contribution is 2.32. The standard InChI is InChI=1S/C25H18FN3O3S/c1-14-6-8-15(9-7-14)19(13-29-24(31)16-4-2-3-5-17(16)25(29)32)23(30)28-22-10-18-20(26)11-27-12-21(18)33-22/h2-12,19H,13H2,1H3,(H,28,30). The smallest absolute Gasteiger partial charge is 0.261 e. The molecule has 2 aromatic heterocycles. The van der Waals surface area contributed by atoms with Crippen LogP contribution in [-0.4, -0.2) is 34.2 Å². The Morgan fingerprint density at radius 2 is 1.73 bits per heavy atom. The molecule has 1 atom stereocenters. The molecule has 4 aromatic rings. The number of thiophene rings is 1. The lowest BCUT2D eigenvalue weighted by atomic mass is 9.96. The number of aromatic nitrogens is 1. The number of anilines is 1. The van der Waals surface area contributed by atoms with Gasteiger partial charge in [-0.1, -0.05) is 42.0 Å². The van der Waals surface area contributed by atoms with E-state index < -0.39 is 29.5 Å². The van der Waals surface area contributed by atoms with Gasteiger partial charge >= 0.3 is 0 Å². The summed E-state index contributed by atoms with van der Waals surface area (Å²) in [4.78, 5) is 44.1. The van der Waals surface area contributed by atoms with Crippen LogP contribution in [0.15, 0.2) is 67.0 Å². The highest BCUT2D eigenvalue weighted by molar-refractivity contribution is 7.22. The van der Waals surface area contributed by atoms with Gasteiger partial charge in [0.2, 0.25) is 5.91 Å². The summed E-state index contributed by atoms with van der Waals surface area (Å²) in [6, 6.07) is 15.5. The number of halogens is 1. The Labute approximate surface area is 192 Å². The molecule has 1 aliphatic rings. The van der Waals surface area contributed by atoms with Crippen LogP contribution in [0.4, 0.5) is 9.39 Å². The van der Waals surface area contributed by atoms with Gasteiger partial charge in [0, 0.05) is 18.1 Å². The van der Waals surface area contributed by atoms with E-state index in [0.29, 0.717) is 31.8 Å². The summed E-state index contributed by atoms with van der Waals surface area (Å²) in [7, 11) is 0. The number of pyridine rings is 1. The van der Waals surface area contributed by atoms with Gasteiger partial charge in [-0.2, -0.15) is 0 Å². The van der Waals surface area contributed by atoms with E-state index in [-0.39, 0.29) is 6.54 Å². The van der Waals surface area contributed by atoms with Crippen molar-refractivity contribution in [2.45, 2.75) is 12.8 Å². The van der Waals surface area contributed by atoms with E-state index >= 15 is 0 Å². The number of nitrogens with zero attached hydrogens (tertiary/aromatic N) is 2. The van der Waals surface area contributed by atoms with Crippen molar-refractivity contribution in [3.63, 3.8) is 0 Å². The minimum absolute atomic E-state index is 0.109. The minimum Gasteiger partial charge on any atom is -0.317 e. The van der Waals surface area contributed by atoms with Gasteiger partial charge in [-0.3, -0.25) is 24.3 Å². The fraction of sp³-hybridized carbons (Fsp3) is 0.120. The Morgan fingerprint density at radius 1 is 1.06 bits per heavy atom. The largest absolute Gasteiger partial charge is 0.317 e. The third-order valence-electron chi connectivity index (χ3n) is 5.68. The van der Waals surface area contributed by atoms with Crippen LogP contribution >= 0.6 is 11.3 Å². The third kappa shape index (κ3) is 3.78. The van der Waals surface area contributed by atoms with Crippen LogP contribution in [0.5, 0.6) is 0 Å². The van der Waals surface area contributed by atoms with Crippen molar-refractivity contribution in [2.24, 2.45) is 0 Å². The Kier molecular flexibility index (Phi) is 5.22. The lowest BCUT2D eigenvalue weighted by Gasteiger charge is -2.22. The molecule has 5 rings (SSSR count). The van der Waals surface area contributed by atoms with E-state index in [0.717, 1.165) is 16.7 Å². The fourth-order valence-electron chi connectivity index (χ4n) is 3.92. The number of fused-ring (bicyclic) bond motifs is 2. The van der Waals surface area contributed by atoms with Crippen molar-refractivity contribution < 1.29 is 18.8 Å². The molecule has 1 unspecified atom stereocenters. The first-order valence-electron chi connectivity index (χ1n) is 10.3. The zero-order valence-electron chi connectivity index (χ0n) is 17.5. The minimum atomic E-state index is -0.805. The van der Waals surface area contributed by atoms with Crippen LogP contribution in [-0.2, 0) is 4.79 Å². The Morgan fingerprint density at radius 3 is 2.36 bits per heavy atom. The molecule has 8 heteroatoms. The molecule has 33 heavy (non-hydrogen) atoms. The van der Waals surface area contributed by atoms with Crippen LogP contribution in [0, 0.1) is 12.7 Å². The van der Waals surface area contributed by atoms with Gasteiger partial charge in [-0.05, 0) is 30.7 Å². The molecule has 1 aliphatic heterocycles. The number of imide groups is 1. The summed E-state index contributed by atoms with van der Waals surface area (Å²) in [5, 5.41) is 3.66. The summed E-state index contributed by atoms with van der Waals surface area (Å²) in [5.74, 6) is -2.51. The Balaban J connectivity index is 1.46. The van der Waals surface area contributed by atoms with Crippen molar-refractivity contribution in [3.8, 4) is 0 Å². The Bertz CT molecular complexity index is 1380. The van der Waals surface area contributed by atoms with Gasteiger partial charge in [0.05, 0.1) is 32.9 Å². The molecule has 2 aromatic carbocycles. The van der Waals surface area contributed by atoms with Gasteiger partial charge in [-0.25, -0.2) is 4.39 Å². The summed E-state index contributed by atoms with van der Waals surface area (Å²) in [5.41, 5.74) is 2.35. The normalized spacial score (nSPS) is 13.9. The van der Waals surface area contributed by atoms with Crippen molar-refractivity contribution in [3.05, 3.63) is 95.1 Å². The molecule has 1 N–H and O–H groups in total. The average Bonchev–Trinajstić information content (AvgIpc) is 3.33. The molecule has 0 bridgehead atoms. The molecule has 0 spiro atoms. The second-order valence-electron chi connectivity index (χ2n) is 7.86. The lowest BCUT2D eigenvalue weighted by molar-refractivity contribution is -0.117. The van der Waals surface area contributed by atoms with Crippen molar-refractivity contribution in [2.75, 3.05) is 11.9 Å². The van der Waals surface area contributed by atoms with Crippen LogP contribution < -0.4 is 5.32 Å². The van der Waals surface area contributed by atoms with E-state index in [1.54, 1.807) is 30.3 Å². The predicted molar refractivity (Wildman–Crippen MR) is 124 cm³/mol. The number of hydrogen-bond acceptors (Lipinski definition) is 5. The van der Waals surface area contributed by atoms with Crippen LogP contribution in [0.3, 0.4) is 0 Å². The van der Waals surface area contributed by atoms with Crippen LogP contribution in [0.2, 0.25) is 0 Å². The molecule has 0 radical (unpaired) electrons. The van der Waals surface area contributed by atoms with Crippen molar-refractivity contribution in [1.82, 2.24) is 9.88 Å². The second kappa shape index (κ2) is 8.22. The van der Waals surface area contributed by atoms with Gasteiger partial charge < -0.3 is 5.32 Å². The summed E-state index contributed by atoms with van der Waals surface area (Å²) in [6.07, 6.45) is 2.66. The van der Waals surface area contributed by atoms with Crippen LogP contribution in [0.1, 0.15) is 37.8 Å². The molecule has 0 fully saturated rings. The quantitative estimate of drug-likeness (QED) is 0.437. The van der Waals surface area contributed by atoms with Crippen molar-refractivity contribution in [1.29, 1.82) is 0 Å². The van der Waals surface area contributed by atoms with E-state index in [1.807, 2.05) is 31.2 Å².